The molecule has 0 unspecified atom stereocenters. The lowest BCUT2D eigenvalue weighted by atomic mass is 10.1. The van der Waals surface area contributed by atoms with Crippen LogP contribution in [-0.2, 0) is 9.53 Å². The van der Waals surface area contributed by atoms with Gasteiger partial charge in [-0.2, -0.15) is 0 Å². The predicted molar refractivity (Wildman–Crippen MR) is 103 cm³/mol. The number of benzene rings is 2. The molecule has 0 amide bonds. The molecule has 0 aliphatic carbocycles. The average molecular weight is 411 g/mol. The zero-order valence-electron chi connectivity index (χ0n) is 16.1. The molecule has 1 aromatic heterocycles. The van der Waals surface area contributed by atoms with Crippen molar-refractivity contribution in [1.82, 2.24) is 10.2 Å². The van der Waals surface area contributed by atoms with Crippen LogP contribution in [0.15, 0.2) is 52.9 Å². The zero-order valence-corrected chi connectivity index (χ0v) is 16.1. The minimum Gasteiger partial charge on any atom is -0.482 e. The van der Waals surface area contributed by atoms with Crippen molar-refractivity contribution in [2.45, 2.75) is 20.0 Å². The highest BCUT2D eigenvalue weighted by Crippen LogP contribution is 2.24. The number of carbonyl (C=O) groups excluding carboxylic acids is 2. The van der Waals surface area contributed by atoms with Crippen LogP contribution in [0.2, 0.25) is 0 Å². The molecule has 154 valence electrons. The van der Waals surface area contributed by atoms with Crippen LogP contribution >= 0.6 is 0 Å². The van der Waals surface area contributed by atoms with Gasteiger partial charge in [0.25, 0.3) is 11.6 Å². The van der Waals surface area contributed by atoms with E-state index in [-0.39, 0.29) is 29.9 Å². The van der Waals surface area contributed by atoms with Crippen molar-refractivity contribution < 1.29 is 28.4 Å². The summed E-state index contributed by atoms with van der Waals surface area (Å²) in [4.78, 5) is 33.5. The number of carbonyl (C=O) groups is 2. The van der Waals surface area contributed by atoms with Gasteiger partial charge in [-0.3, -0.25) is 14.9 Å². The summed E-state index contributed by atoms with van der Waals surface area (Å²) in [5.41, 5.74) is 0.978. The second-order valence-electron chi connectivity index (χ2n) is 6.25. The lowest BCUT2D eigenvalue weighted by Crippen LogP contribution is -2.17. The number of ether oxygens (including phenoxy) is 2. The Bertz CT molecular complexity index is 1060. The van der Waals surface area contributed by atoms with E-state index in [1.165, 1.54) is 31.2 Å². The topological polar surface area (TPSA) is 135 Å². The molecule has 10 nitrogen and oxygen atoms in total. The summed E-state index contributed by atoms with van der Waals surface area (Å²) in [5.74, 6) is -0.0781. The largest absolute Gasteiger partial charge is 0.482 e. The number of nitro groups is 1. The summed E-state index contributed by atoms with van der Waals surface area (Å²) in [6.07, 6.45) is -0.819. The van der Waals surface area contributed by atoms with E-state index in [1.54, 1.807) is 31.2 Å². The molecule has 1 atom stereocenters. The van der Waals surface area contributed by atoms with Crippen molar-refractivity contribution in [3.63, 3.8) is 0 Å². The molecule has 0 fully saturated rings. The van der Waals surface area contributed by atoms with Gasteiger partial charge in [0, 0.05) is 23.3 Å². The van der Waals surface area contributed by atoms with Gasteiger partial charge >= 0.3 is 5.97 Å². The third kappa shape index (κ3) is 5.04. The van der Waals surface area contributed by atoms with E-state index >= 15 is 0 Å². The highest BCUT2D eigenvalue weighted by atomic mass is 16.6. The molecule has 0 spiro atoms. The fourth-order valence-corrected chi connectivity index (χ4v) is 2.45. The highest BCUT2D eigenvalue weighted by Gasteiger charge is 2.20. The van der Waals surface area contributed by atoms with Gasteiger partial charge in [0.05, 0.1) is 4.92 Å². The quantitative estimate of drug-likeness (QED) is 0.236. The van der Waals surface area contributed by atoms with Gasteiger partial charge in [-0.05, 0) is 50.2 Å². The Morgan fingerprint density at radius 3 is 2.37 bits per heavy atom. The number of ketones is 1. The number of aromatic nitrogens is 2. The summed E-state index contributed by atoms with van der Waals surface area (Å²) in [7, 11) is 0. The van der Waals surface area contributed by atoms with Crippen LogP contribution in [0, 0.1) is 10.1 Å². The van der Waals surface area contributed by atoms with E-state index in [0.717, 1.165) is 0 Å². The van der Waals surface area contributed by atoms with E-state index in [1.807, 2.05) is 0 Å². The Morgan fingerprint density at radius 1 is 1.10 bits per heavy atom. The van der Waals surface area contributed by atoms with E-state index in [0.29, 0.717) is 16.9 Å². The number of hydrogen-bond donors (Lipinski definition) is 0. The van der Waals surface area contributed by atoms with Crippen molar-refractivity contribution in [2.75, 3.05) is 6.61 Å². The molecular formula is C20H17N3O7. The minimum absolute atomic E-state index is 0.0586. The summed E-state index contributed by atoms with van der Waals surface area (Å²) >= 11 is 0. The maximum atomic E-state index is 12.0. The fourth-order valence-electron chi connectivity index (χ4n) is 2.45. The van der Waals surface area contributed by atoms with Gasteiger partial charge in [0.2, 0.25) is 5.89 Å². The van der Waals surface area contributed by atoms with Crippen LogP contribution < -0.4 is 4.74 Å². The van der Waals surface area contributed by atoms with Gasteiger partial charge in [-0.1, -0.05) is 0 Å². The third-order valence-corrected chi connectivity index (χ3v) is 4.04. The van der Waals surface area contributed by atoms with Gasteiger partial charge in [0.15, 0.2) is 18.5 Å². The van der Waals surface area contributed by atoms with Crippen LogP contribution in [0.25, 0.3) is 11.5 Å². The molecule has 3 aromatic rings. The summed E-state index contributed by atoms with van der Waals surface area (Å²) in [6, 6.07) is 12.0. The standard InChI is InChI=1S/C20H17N3O7/c1-12(24)14-5-9-17(10-6-14)28-11-18(25)29-13(2)19-21-22-20(30-19)15-3-7-16(8-4-15)23(26)27/h3-10,13H,11H2,1-2H3/t13-/m1/s1. The number of nitro benzene ring substituents is 1. The molecule has 0 bridgehead atoms. The van der Waals surface area contributed by atoms with Crippen molar-refractivity contribution in [3.8, 4) is 17.2 Å². The van der Waals surface area contributed by atoms with Crippen LogP contribution in [0.4, 0.5) is 5.69 Å². The first-order valence-electron chi connectivity index (χ1n) is 8.85. The predicted octanol–water partition coefficient (Wildman–Crippen LogP) is 3.53. The Balaban J connectivity index is 1.55. The van der Waals surface area contributed by atoms with E-state index < -0.39 is 17.0 Å². The molecule has 0 aliphatic rings. The Hall–Kier alpha value is -4.08. The molecule has 2 aromatic carbocycles. The van der Waals surface area contributed by atoms with E-state index in [9.17, 15) is 19.7 Å². The molecular weight excluding hydrogens is 394 g/mol. The number of rotatable bonds is 8. The van der Waals surface area contributed by atoms with Crippen molar-refractivity contribution in [3.05, 3.63) is 70.1 Å². The molecule has 0 saturated heterocycles. The maximum absolute atomic E-state index is 12.0. The molecule has 0 saturated carbocycles. The van der Waals surface area contributed by atoms with Crippen molar-refractivity contribution in [2.24, 2.45) is 0 Å². The van der Waals surface area contributed by atoms with Crippen LogP contribution in [0.1, 0.15) is 36.2 Å². The number of Topliss-reactive ketones (excluding diaryl/α,β-unsaturated/α-hetero) is 1. The molecule has 0 N–H and O–H groups in total. The lowest BCUT2D eigenvalue weighted by molar-refractivity contribution is -0.384. The number of non-ortho nitro benzene ring substituents is 1. The van der Waals surface area contributed by atoms with Gasteiger partial charge in [-0.25, -0.2) is 4.79 Å². The summed E-state index contributed by atoms with van der Waals surface area (Å²) in [5, 5.41) is 18.4. The third-order valence-electron chi connectivity index (χ3n) is 4.04. The average Bonchev–Trinajstić information content (AvgIpc) is 3.23. The molecule has 0 radical (unpaired) electrons. The van der Waals surface area contributed by atoms with Crippen LogP contribution in [0.5, 0.6) is 5.75 Å². The van der Waals surface area contributed by atoms with Crippen LogP contribution in [0.3, 0.4) is 0 Å². The Labute approximate surface area is 170 Å². The van der Waals surface area contributed by atoms with Crippen molar-refractivity contribution in [1.29, 1.82) is 0 Å². The van der Waals surface area contributed by atoms with E-state index in [2.05, 4.69) is 10.2 Å². The monoisotopic (exact) mass is 411 g/mol. The molecule has 0 aliphatic heterocycles. The zero-order chi connectivity index (χ0) is 21.7. The van der Waals surface area contributed by atoms with Crippen LogP contribution in [-0.4, -0.2) is 33.5 Å². The molecule has 3 rings (SSSR count). The smallest absolute Gasteiger partial charge is 0.344 e. The first kappa shape index (κ1) is 20.6. The SMILES string of the molecule is CC(=O)c1ccc(OCC(=O)O[C@H](C)c2nnc(-c3ccc([N+](=O)[O-])cc3)o2)cc1. The van der Waals surface area contributed by atoms with Gasteiger partial charge in [-0.15, -0.1) is 10.2 Å². The fraction of sp³-hybridized carbons (Fsp3) is 0.200. The van der Waals surface area contributed by atoms with Gasteiger partial charge < -0.3 is 13.9 Å². The molecule has 30 heavy (non-hydrogen) atoms. The Kier molecular flexibility index (Phi) is 6.16. The molecule has 1 heterocycles. The minimum atomic E-state index is -0.819. The molecule has 10 heteroatoms. The van der Waals surface area contributed by atoms with Crippen molar-refractivity contribution >= 4 is 17.4 Å². The Morgan fingerprint density at radius 2 is 1.77 bits per heavy atom. The van der Waals surface area contributed by atoms with E-state index in [4.69, 9.17) is 13.9 Å². The second-order valence-corrected chi connectivity index (χ2v) is 6.25. The van der Waals surface area contributed by atoms with Gasteiger partial charge in [0.1, 0.15) is 5.75 Å². The first-order chi connectivity index (χ1) is 14.3. The highest BCUT2D eigenvalue weighted by molar-refractivity contribution is 5.94. The summed E-state index contributed by atoms with van der Waals surface area (Å²) < 4.78 is 16.0. The second kappa shape index (κ2) is 8.95. The number of nitrogens with zero attached hydrogens (tertiary/aromatic N) is 3. The number of esters is 1. The maximum Gasteiger partial charge on any atom is 0.344 e. The lowest BCUT2D eigenvalue weighted by Gasteiger charge is -2.10. The summed E-state index contributed by atoms with van der Waals surface area (Å²) in [6.45, 7) is 2.68. The normalized spacial score (nSPS) is 11.5. The first-order valence-corrected chi connectivity index (χ1v) is 8.85. The number of hydrogen-bond acceptors (Lipinski definition) is 9.